The molecule has 16 heavy (non-hydrogen) atoms. The molecule has 1 N–H and O–H groups in total. The van der Waals surface area contributed by atoms with Crippen LogP contribution in [0.3, 0.4) is 0 Å². The highest BCUT2D eigenvalue weighted by Gasteiger charge is 2.58. The molecule has 1 aliphatic carbocycles. The molecule has 0 bridgehead atoms. The second-order valence-corrected chi connectivity index (χ2v) is 4.40. The van der Waals surface area contributed by atoms with Crippen LogP contribution in [0, 0.1) is 17.8 Å². The summed E-state index contributed by atoms with van der Waals surface area (Å²) >= 11 is 0. The molecule has 0 radical (unpaired) electrons. The van der Waals surface area contributed by atoms with Crippen LogP contribution in [0.2, 0.25) is 0 Å². The average molecular weight is 227 g/mol. The third-order valence-corrected chi connectivity index (χ3v) is 3.53. The van der Waals surface area contributed by atoms with Gasteiger partial charge in [0.25, 0.3) is 0 Å². The molecular weight excluding hydrogens is 210 g/mol. The predicted octanol–water partition coefficient (Wildman–Crippen LogP) is 0.202. The van der Waals surface area contributed by atoms with Crippen molar-refractivity contribution in [2.75, 3.05) is 26.3 Å². The van der Waals surface area contributed by atoms with Crippen molar-refractivity contribution in [3.05, 3.63) is 0 Å². The maximum atomic E-state index is 12.1. The van der Waals surface area contributed by atoms with Crippen LogP contribution in [0.1, 0.15) is 13.3 Å². The fraction of sp³-hybridized carbons (Fsp3) is 0.818. The quantitative estimate of drug-likeness (QED) is 0.748. The van der Waals surface area contributed by atoms with E-state index in [1.54, 1.807) is 4.90 Å². The fourth-order valence-corrected chi connectivity index (χ4v) is 2.55. The minimum absolute atomic E-state index is 0.00236. The Morgan fingerprint density at radius 1 is 1.31 bits per heavy atom. The Bertz CT molecular complexity index is 298. The number of rotatable bonds is 3. The lowest BCUT2D eigenvalue weighted by molar-refractivity contribution is -0.143. The van der Waals surface area contributed by atoms with Gasteiger partial charge in [-0.3, -0.25) is 9.59 Å². The van der Waals surface area contributed by atoms with Gasteiger partial charge in [-0.2, -0.15) is 0 Å². The molecular formula is C11H17NO4. The highest BCUT2D eigenvalue weighted by molar-refractivity contribution is 5.90. The monoisotopic (exact) mass is 227 g/mol. The average Bonchev–Trinajstić information content (AvgIpc) is 3.03. The Morgan fingerprint density at radius 3 is 2.38 bits per heavy atom. The van der Waals surface area contributed by atoms with E-state index in [2.05, 4.69) is 0 Å². The first-order valence-electron chi connectivity index (χ1n) is 5.76. The van der Waals surface area contributed by atoms with Crippen molar-refractivity contribution in [3.8, 4) is 0 Å². The lowest BCUT2D eigenvalue weighted by Gasteiger charge is -2.27. The number of nitrogens with zero attached hydrogens (tertiary/aromatic N) is 1. The number of carbonyl (C=O) groups excluding carboxylic acids is 1. The molecule has 90 valence electrons. The molecule has 1 aliphatic heterocycles. The highest BCUT2D eigenvalue weighted by Crippen LogP contribution is 2.49. The Morgan fingerprint density at radius 2 is 1.94 bits per heavy atom. The second kappa shape index (κ2) is 4.41. The molecule has 0 unspecified atom stereocenters. The van der Waals surface area contributed by atoms with Crippen LogP contribution < -0.4 is 0 Å². The van der Waals surface area contributed by atoms with E-state index in [-0.39, 0.29) is 17.7 Å². The largest absolute Gasteiger partial charge is 0.481 e. The van der Waals surface area contributed by atoms with Gasteiger partial charge in [0, 0.05) is 13.1 Å². The number of ether oxygens (including phenoxy) is 1. The first kappa shape index (κ1) is 11.4. The van der Waals surface area contributed by atoms with Crippen LogP contribution in [0.4, 0.5) is 0 Å². The summed E-state index contributed by atoms with van der Waals surface area (Å²) < 4.78 is 5.17. The van der Waals surface area contributed by atoms with E-state index >= 15 is 0 Å². The fourth-order valence-electron chi connectivity index (χ4n) is 2.55. The summed E-state index contributed by atoms with van der Waals surface area (Å²) in [4.78, 5) is 24.7. The van der Waals surface area contributed by atoms with Gasteiger partial charge in [0.05, 0.1) is 25.0 Å². The minimum atomic E-state index is -0.835. The van der Waals surface area contributed by atoms with Crippen LogP contribution in [-0.2, 0) is 14.3 Å². The van der Waals surface area contributed by atoms with Crippen LogP contribution in [-0.4, -0.2) is 48.2 Å². The highest BCUT2D eigenvalue weighted by atomic mass is 16.5. The van der Waals surface area contributed by atoms with Gasteiger partial charge in [0.1, 0.15) is 0 Å². The number of aliphatic carboxylic acids is 1. The molecule has 0 spiro atoms. The Labute approximate surface area is 94.4 Å². The third-order valence-electron chi connectivity index (χ3n) is 3.53. The molecule has 0 aromatic heterocycles. The van der Waals surface area contributed by atoms with E-state index in [1.165, 1.54) is 0 Å². The predicted molar refractivity (Wildman–Crippen MR) is 55.8 cm³/mol. The van der Waals surface area contributed by atoms with Crippen LogP contribution in [0.15, 0.2) is 0 Å². The Balaban J connectivity index is 1.97. The maximum Gasteiger partial charge on any atom is 0.307 e. The van der Waals surface area contributed by atoms with Crippen molar-refractivity contribution < 1.29 is 19.4 Å². The van der Waals surface area contributed by atoms with Gasteiger partial charge in [-0.25, -0.2) is 0 Å². The zero-order chi connectivity index (χ0) is 11.7. The number of carbonyl (C=O) groups is 2. The molecule has 1 amide bonds. The van der Waals surface area contributed by atoms with Gasteiger partial charge >= 0.3 is 5.97 Å². The topological polar surface area (TPSA) is 66.8 Å². The number of carboxylic acids is 1. The Kier molecular flexibility index (Phi) is 3.14. The second-order valence-electron chi connectivity index (χ2n) is 4.40. The van der Waals surface area contributed by atoms with E-state index in [0.717, 1.165) is 6.42 Å². The number of hydrogen-bond donors (Lipinski definition) is 1. The number of hydrogen-bond acceptors (Lipinski definition) is 3. The van der Waals surface area contributed by atoms with Crippen molar-refractivity contribution in [1.29, 1.82) is 0 Å². The summed E-state index contributed by atoms with van der Waals surface area (Å²) in [5.41, 5.74) is 0. The SMILES string of the molecule is CC[C@@H]1[C@@H](C(=O)O)[C@@H]1C(=O)N1CCOCC1. The minimum Gasteiger partial charge on any atom is -0.481 e. The molecule has 3 atom stereocenters. The first-order valence-corrected chi connectivity index (χ1v) is 5.76. The summed E-state index contributed by atoms with van der Waals surface area (Å²) in [6.07, 6.45) is 0.762. The maximum absolute atomic E-state index is 12.1. The smallest absolute Gasteiger partial charge is 0.307 e. The van der Waals surface area contributed by atoms with Crippen LogP contribution in [0.5, 0.6) is 0 Å². The third kappa shape index (κ3) is 1.91. The van der Waals surface area contributed by atoms with E-state index in [4.69, 9.17) is 9.84 Å². The standard InChI is InChI=1S/C11H17NO4/c1-2-7-8(9(7)11(14)15)10(13)12-3-5-16-6-4-12/h7-9H,2-6H2,1H3,(H,14,15)/t7-,8+,9+/m0/s1. The van der Waals surface area contributed by atoms with Gasteiger partial charge in [0.2, 0.25) is 5.91 Å². The van der Waals surface area contributed by atoms with Crippen molar-refractivity contribution >= 4 is 11.9 Å². The van der Waals surface area contributed by atoms with E-state index in [0.29, 0.717) is 26.3 Å². The van der Waals surface area contributed by atoms with E-state index in [9.17, 15) is 9.59 Å². The molecule has 2 aliphatic rings. The summed E-state index contributed by atoms with van der Waals surface area (Å²) in [6, 6.07) is 0. The molecule has 0 aromatic rings. The normalized spacial score (nSPS) is 33.6. The zero-order valence-corrected chi connectivity index (χ0v) is 9.39. The lowest BCUT2D eigenvalue weighted by atomic mass is 10.2. The van der Waals surface area contributed by atoms with E-state index in [1.807, 2.05) is 6.92 Å². The van der Waals surface area contributed by atoms with Crippen LogP contribution >= 0.6 is 0 Å². The van der Waals surface area contributed by atoms with Gasteiger partial charge < -0.3 is 14.7 Å². The summed E-state index contributed by atoms with van der Waals surface area (Å²) in [5, 5.41) is 8.98. The number of carboxylic acid groups (broad SMARTS) is 1. The molecule has 2 fully saturated rings. The van der Waals surface area contributed by atoms with Gasteiger partial charge in [0.15, 0.2) is 0 Å². The zero-order valence-electron chi connectivity index (χ0n) is 9.39. The number of morpholine rings is 1. The van der Waals surface area contributed by atoms with Gasteiger partial charge in [-0.15, -0.1) is 0 Å². The van der Waals surface area contributed by atoms with Crippen molar-refractivity contribution in [3.63, 3.8) is 0 Å². The number of amides is 1. The molecule has 0 aromatic carbocycles. The van der Waals surface area contributed by atoms with Crippen molar-refractivity contribution in [1.82, 2.24) is 4.90 Å². The summed E-state index contributed by atoms with van der Waals surface area (Å²) in [6.45, 7) is 4.25. The van der Waals surface area contributed by atoms with Gasteiger partial charge in [-0.05, 0) is 5.92 Å². The van der Waals surface area contributed by atoms with Crippen LogP contribution in [0.25, 0.3) is 0 Å². The first-order chi connectivity index (χ1) is 7.66. The molecule has 2 rings (SSSR count). The van der Waals surface area contributed by atoms with E-state index < -0.39 is 11.9 Å². The van der Waals surface area contributed by atoms with Crippen molar-refractivity contribution in [2.24, 2.45) is 17.8 Å². The lowest BCUT2D eigenvalue weighted by Crippen LogP contribution is -2.42. The summed E-state index contributed by atoms with van der Waals surface area (Å²) in [7, 11) is 0. The molecule has 5 nitrogen and oxygen atoms in total. The van der Waals surface area contributed by atoms with Crippen molar-refractivity contribution in [2.45, 2.75) is 13.3 Å². The molecule has 1 saturated heterocycles. The molecule has 1 heterocycles. The van der Waals surface area contributed by atoms with Gasteiger partial charge in [-0.1, -0.05) is 13.3 Å². The summed E-state index contributed by atoms with van der Waals surface area (Å²) in [5.74, 6) is -1.55. The molecule has 1 saturated carbocycles. The molecule has 5 heteroatoms. The Hall–Kier alpha value is -1.10.